The van der Waals surface area contributed by atoms with E-state index in [1.165, 1.54) is 12.1 Å². The van der Waals surface area contributed by atoms with E-state index in [1.54, 1.807) is 24.3 Å². The van der Waals surface area contributed by atoms with Crippen LogP contribution in [0.3, 0.4) is 0 Å². The molecular weight excluding hydrogens is 269 g/mol. The number of para-hydroxylation sites is 1. The van der Waals surface area contributed by atoms with Crippen molar-refractivity contribution in [3.63, 3.8) is 0 Å². The first-order valence-corrected chi connectivity index (χ1v) is 6.93. The maximum atomic E-state index is 13.0. The van der Waals surface area contributed by atoms with Crippen LogP contribution in [0.1, 0.15) is 18.4 Å². The maximum Gasteiger partial charge on any atom is 0.258 e. The Labute approximate surface area is 122 Å². The molecule has 2 aromatic rings. The summed E-state index contributed by atoms with van der Waals surface area (Å²) in [4.78, 5) is 12.0. The van der Waals surface area contributed by atoms with Crippen molar-refractivity contribution in [2.75, 3.05) is 6.61 Å². The molecule has 4 heteroatoms. The smallest absolute Gasteiger partial charge is 0.258 e. The Morgan fingerprint density at radius 3 is 2.38 bits per heavy atom. The molecule has 0 heterocycles. The van der Waals surface area contributed by atoms with Crippen LogP contribution in [-0.4, -0.2) is 12.5 Å². The maximum absolute atomic E-state index is 13.0. The first-order valence-electron chi connectivity index (χ1n) is 6.93. The third kappa shape index (κ3) is 3.21. The topological polar surface area (TPSA) is 38.3 Å². The van der Waals surface area contributed by atoms with E-state index in [0.29, 0.717) is 5.75 Å². The number of benzene rings is 2. The van der Waals surface area contributed by atoms with Crippen LogP contribution < -0.4 is 10.1 Å². The molecule has 108 valence electrons. The molecule has 0 unspecified atom stereocenters. The third-order valence-corrected chi connectivity index (χ3v) is 3.64. The van der Waals surface area contributed by atoms with Crippen LogP contribution in [0.15, 0.2) is 54.6 Å². The molecule has 0 radical (unpaired) electrons. The first kappa shape index (κ1) is 13.6. The summed E-state index contributed by atoms with van der Waals surface area (Å²) >= 11 is 0. The van der Waals surface area contributed by atoms with Gasteiger partial charge in [0.1, 0.15) is 11.6 Å². The van der Waals surface area contributed by atoms with Gasteiger partial charge in [-0.2, -0.15) is 0 Å². The molecular formula is C17H16FNO2. The highest BCUT2D eigenvalue weighted by Gasteiger charge is 2.45. The minimum atomic E-state index is -0.342. The largest absolute Gasteiger partial charge is 0.484 e. The average molecular weight is 285 g/mol. The summed E-state index contributed by atoms with van der Waals surface area (Å²) in [7, 11) is 0. The average Bonchev–Trinajstić information content (AvgIpc) is 3.27. The van der Waals surface area contributed by atoms with Crippen molar-refractivity contribution < 1.29 is 13.9 Å². The molecule has 0 atom stereocenters. The van der Waals surface area contributed by atoms with Gasteiger partial charge in [-0.3, -0.25) is 4.79 Å². The lowest BCUT2D eigenvalue weighted by Gasteiger charge is -2.18. The molecule has 0 spiro atoms. The molecule has 0 saturated heterocycles. The number of hydrogen-bond donors (Lipinski definition) is 1. The molecule has 3 nitrogen and oxygen atoms in total. The van der Waals surface area contributed by atoms with Crippen LogP contribution in [0.25, 0.3) is 0 Å². The number of rotatable bonds is 5. The van der Waals surface area contributed by atoms with Crippen molar-refractivity contribution >= 4 is 5.91 Å². The van der Waals surface area contributed by atoms with Gasteiger partial charge in [0, 0.05) is 0 Å². The summed E-state index contributed by atoms with van der Waals surface area (Å²) in [5.41, 5.74) is 0.599. The van der Waals surface area contributed by atoms with E-state index in [-0.39, 0.29) is 23.9 Å². The van der Waals surface area contributed by atoms with E-state index >= 15 is 0 Å². The van der Waals surface area contributed by atoms with Gasteiger partial charge in [0.25, 0.3) is 5.91 Å². The molecule has 0 aromatic heterocycles. The fourth-order valence-electron chi connectivity index (χ4n) is 2.35. The van der Waals surface area contributed by atoms with Crippen molar-refractivity contribution in [3.05, 3.63) is 66.0 Å². The molecule has 0 aliphatic heterocycles. The summed E-state index contributed by atoms with van der Waals surface area (Å²) in [5, 5.41) is 2.99. The van der Waals surface area contributed by atoms with E-state index in [2.05, 4.69) is 5.32 Å². The molecule has 1 fully saturated rings. The van der Waals surface area contributed by atoms with Crippen LogP contribution in [-0.2, 0) is 10.3 Å². The van der Waals surface area contributed by atoms with Crippen molar-refractivity contribution in [1.29, 1.82) is 0 Å². The molecule has 1 amide bonds. The highest BCUT2D eigenvalue weighted by atomic mass is 19.1. The predicted molar refractivity (Wildman–Crippen MR) is 77.4 cm³/mol. The van der Waals surface area contributed by atoms with Gasteiger partial charge in [0.15, 0.2) is 6.61 Å². The normalized spacial score (nSPS) is 15.3. The molecule has 1 aliphatic rings. The summed E-state index contributed by atoms with van der Waals surface area (Å²) in [5.74, 6) is 0.230. The number of amides is 1. The molecule has 0 bridgehead atoms. The van der Waals surface area contributed by atoms with E-state index in [4.69, 9.17) is 4.74 Å². The van der Waals surface area contributed by atoms with Gasteiger partial charge in [0.05, 0.1) is 5.54 Å². The van der Waals surface area contributed by atoms with Crippen molar-refractivity contribution in [2.24, 2.45) is 0 Å². The monoisotopic (exact) mass is 285 g/mol. The molecule has 1 saturated carbocycles. The second-order valence-corrected chi connectivity index (χ2v) is 5.24. The minimum Gasteiger partial charge on any atom is -0.484 e. The molecule has 2 aromatic carbocycles. The Balaban J connectivity index is 1.58. The third-order valence-electron chi connectivity index (χ3n) is 3.64. The van der Waals surface area contributed by atoms with E-state index in [0.717, 1.165) is 18.4 Å². The minimum absolute atomic E-state index is 0.0209. The van der Waals surface area contributed by atoms with Crippen LogP contribution in [0.2, 0.25) is 0 Å². The zero-order valence-corrected chi connectivity index (χ0v) is 11.5. The van der Waals surface area contributed by atoms with E-state index in [1.807, 2.05) is 18.2 Å². The Morgan fingerprint density at radius 2 is 1.76 bits per heavy atom. The highest BCUT2D eigenvalue weighted by Crippen LogP contribution is 2.45. The lowest BCUT2D eigenvalue weighted by atomic mass is 10.1. The second kappa shape index (κ2) is 5.56. The zero-order valence-electron chi connectivity index (χ0n) is 11.5. The van der Waals surface area contributed by atoms with Gasteiger partial charge in [-0.25, -0.2) is 4.39 Å². The quantitative estimate of drug-likeness (QED) is 0.917. The Kier molecular flexibility index (Phi) is 3.60. The standard InChI is InChI=1S/C17H16FNO2/c18-14-8-6-13(7-9-14)17(10-11-17)19-16(20)12-21-15-4-2-1-3-5-15/h1-9H,10-12H2,(H,19,20). The van der Waals surface area contributed by atoms with Gasteiger partial charge in [0.2, 0.25) is 0 Å². The molecule has 1 N–H and O–H groups in total. The van der Waals surface area contributed by atoms with Crippen LogP contribution >= 0.6 is 0 Å². The SMILES string of the molecule is O=C(COc1ccccc1)NC1(c2ccc(F)cc2)CC1. The Hall–Kier alpha value is -2.36. The lowest BCUT2D eigenvalue weighted by Crippen LogP contribution is -2.38. The summed E-state index contributed by atoms with van der Waals surface area (Å²) in [6, 6.07) is 15.5. The Bertz CT molecular complexity index is 621. The fourth-order valence-corrected chi connectivity index (χ4v) is 2.35. The second-order valence-electron chi connectivity index (χ2n) is 5.24. The number of hydrogen-bond acceptors (Lipinski definition) is 2. The molecule has 3 rings (SSSR count). The van der Waals surface area contributed by atoms with E-state index in [9.17, 15) is 9.18 Å². The predicted octanol–water partition coefficient (Wildman–Crippen LogP) is 3.01. The van der Waals surface area contributed by atoms with Crippen LogP contribution in [0, 0.1) is 5.82 Å². The number of ether oxygens (including phenoxy) is 1. The summed E-state index contributed by atoms with van der Waals surface area (Å²) < 4.78 is 18.4. The summed E-state index contributed by atoms with van der Waals surface area (Å²) in [6.07, 6.45) is 1.74. The summed E-state index contributed by atoms with van der Waals surface area (Å²) in [6.45, 7) is -0.0209. The van der Waals surface area contributed by atoms with Gasteiger partial charge in [-0.15, -0.1) is 0 Å². The van der Waals surface area contributed by atoms with Gasteiger partial charge in [-0.1, -0.05) is 30.3 Å². The van der Waals surface area contributed by atoms with Crippen molar-refractivity contribution in [1.82, 2.24) is 5.32 Å². The van der Waals surface area contributed by atoms with Crippen molar-refractivity contribution in [3.8, 4) is 5.75 Å². The fraction of sp³-hybridized carbons (Fsp3) is 0.235. The molecule has 1 aliphatic carbocycles. The highest BCUT2D eigenvalue weighted by molar-refractivity contribution is 5.79. The van der Waals surface area contributed by atoms with Gasteiger partial charge >= 0.3 is 0 Å². The van der Waals surface area contributed by atoms with Gasteiger partial charge in [-0.05, 0) is 42.7 Å². The van der Waals surface area contributed by atoms with Crippen LogP contribution in [0.5, 0.6) is 5.75 Å². The Morgan fingerprint density at radius 1 is 1.10 bits per heavy atom. The number of halogens is 1. The van der Waals surface area contributed by atoms with Gasteiger partial charge < -0.3 is 10.1 Å². The molecule has 21 heavy (non-hydrogen) atoms. The number of carbonyl (C=O) groups excluding carboxylic acids is 1. The number of nitrogens with one attached hydrogen (secondary N) is 1. The number of carbonyl (C=O) groups is 1. The lowest BCUT2D eigenvalue weighted by molar-refractivity contribution is -0.124. The van der Waals surface area contributed by atoms with Crippen LogP contribution in [0.4, 0.5) is 4.39 Å². The first-order chi connectivity index (χ1) is 10.2. The van der Waals surface area contributed by atoms with Crippen molar-refractivity contribution in [2.45, 2.75) is 18.4 Å². The zero-order chi connectivity index (χ0) is 14.7. The van der Waals surface area contributed by atoms with E-state index < -0.39 is 0 Å².